The van der Waals surface area contributed by atoms with E-state index in [1.165, 1.54) is 12.3 Å². The van der Waals surface area contributed by atoms with Crippen molar-refractivity contribution < 1.29 is 9.90 Å². The molecular formula is C13H11NO3. The number of carboxylic acids is 1. The van der Waals surface area contributed by atoms with Crippen molar-refractivity contribution >= 4 is 5.97 Å². The fourth-order valence-electron chi connectivity index (χ4n) is 1.55. The lowest BCUT2D eigenvalue weighted by Gasteiger charge is -2.02. The predicted molar refractivity (Wildman–Crippen MR) is 64.2 cm³/mol. The molecule has 17 heavy (non-hydrogen) atoms. The van der Waals surface area contributed by atoms with Gasteiger partial charge in [-0.1, -0.05) is 29.8 Å². The summed E-state index contributed by atoms with van der Waals surface area (Å²) in [6.07, 6.45) is 1.20. The number of aromatic amines is 1. The maximum atomic E-state index is 11.6. The van der Waals surface area contributed by atoms with Crippen molar-refractivity contribution in [1.29, 1.82) is 0 Å². The summed E-state index contributed by atoms with van der Waals surface area (Å²) in [5.41, 5.74) is 1.93. The molecule has 0 aliphatic rings. The number of pyridine rings is 1. The molecular weight excluding hydrogens is 218 g/mol. The molecule has 0 saturated carbocycles. The van der Waals surface area contributed by atoms with E-state index in [0.717, 1.165) is 5.56 Å². The van der Waals surface area contributed by atoms with Crippen LogP contribution in [0.5, 0.6) is 0 Å². The Morgan fingerprint density at radius 3 is 2.47 bits per heavy atom. The summed E-state index contributed by atoms with van der Waals surface area (Å²) in [7, 11) is 0. The highest BCUT2D eigenvalue weighted by atomic mass is 16.4. The van der Waals surface area contributed by atoms with Crippen LogP contribution in [0.1, 0.15) is 15.9 Å². The van der Waals surface area contributed by atoms with Gasteiger partial charge < -0.3 is 10.1 Å². The molecule has 0 radical (unpaired) electrons. The zero-order chi connectivity index (χ0) is 12.4. The third kappa shape index (κ3) is 2.25. The molecule has 2 N–H and O–H groups in total. The Balaban J connectivity index is 2.58. The van der Waals surface area contributed by atoms with E-state index in [2.05, 4.69) is 4.98 Å². The first-order valence-electron chi connectivity index (χ1n) is 5.11. The van der Waals surface area contributed by atoms with Crippen LogP contribution in [-0.2, 0) is 0 Å². The second-order valence-corrected chi connectivity index (χ2v) is 3.80. The van der Waals surface area contributed by atoms with Gasteiger partial charge in [-0.15, -0.1) is 0 Å². The van der Waals surface area contributed by atoms with Crippen LogP contribution in [0.25, 0.3) is 11.1 Å². The summed E-state index contributed by atoms with van der Waals surface area (Å²) in [5, 5.41) is 8.87. The number of aromatic carboxylic acids is 1. The van der Waals surface area contributed by atoms with Gasteiger partial charge in [0, 0.05) is 11.8 Å². The Labute approximate surface area is 97.6 Å². The molecule has 86 valence electrons. The largest absolute Gasteiger partial charge is 0.478 e. The highest BCUT2D eigenvalue weighted by Gasteiger charge is 2.08. The SMILES string of the molecule is Cc1ccc(-c2cc(C(=O)O)c[nH]c2=O)cc1. The van der Waals surface area contributed by atoms with Crippen LogP contribution in [0.2, 0.25) is 0 Å². The molecule has 0 bridgehead atoms. The summed E-state index contributed by atoms with van der Waals surface area (Å²) < 4.78 is 0. The van der Waals surface area contributed by atoms with E-state index >= 15 is 0 Å². The fourth-order valence-corrected chi connectivity index (χ4v) is 1.55. The van der Waals surface area contributed by atoms with Crippen LogP contribution in [0.15, 0.2) is 41.3 Å². The minimum absolute atomic E-state index is 0.0696. The summed E-state index contributed by atoms with van der Waals surface area (Å²) in [5.74, 6) is -1.06. The molecule has 2 rings (SSSR count). The number of hydrogen-bond donors (Lipinski definition) is 2. The highest BCUT2D eigenvalue weighted by Crippen LogP contribution is 2.16. The molecule has 2 aromatic rings. The van der Waals surface area contributed by atoms with Gasteiger partial charge in [-0.25, -0.2) is 4.79 Å². The van der Waals surface area contributed by atoms with Gasteiger partial charge in [0.1, 0.15) is 0 Å². The number of rotatable bonds is 2. The van der Waals surface area contributed by atoms with E-state index in [1.807, 2.05) is 19.1 Å². The highest BCUT2D eigenvalue weighted by molar-refractivity contribution is 5.88. The number of H-pyrrole nitrogens is 1. The van der Waals surface area contributed by atoms with Crippen LogP contribution in [-0.4, -0.2) is 16.1 Å². The molecule has 0 atom stereocenters. The van der Waals surface area contributed by atoms with Gasteiger partial charge in [0.15, 0.2) is 0 Å². The van der Waals surface area contributed by atoms with Gasteiger partial charge in [-0.2, -0.15) is 0 Å². The summed E-state index contributed by atoms with van der Waals surface area (Å²) in [4.78, 5) is 24.9. The normalized spacial score (nSPS) is 10.2. The van der Waals surface area contributed by atoms with Crippen LogP contribution < -0.4 is 5.56 Å². The minimum atomic E-state index is -1.06. The number of nitrogens with one attached hydrogen (secondary N) is 1. The number of benzene rings is 1. The molecule has 1 heterocycles. The van der Waals surface area contributed by atoms with Crippen LogP contribution in [0.3, 0.4) is 0 Å². The molecule has 4 nitrogen and oxygen atoms in total. The first kappa shape index (κ1) is 11.1. The Morgan fingerprint density at radius 2 is 1.88 bits per heavy atom. The third-order valence-corrected chi connectivity index (χ3v) is 2.51. The van der Waals surface area contributed by atoms with Crippen LogP contribution in [0, 0.1) is 6.92 Å². The topological polar surface area (TPSA) is 70.2 Å². The van der Waals surface area contributed by atoms with E-state index in [1.54, 1.807) is 12.1 Å². The molecule has 0 aliphatic heterocycles. The lowest BCUT2D eigenvalue weighted by atomic mass is 10.0. The average molecular weight is 229 g/mol. The average Bonchev–Trinajstić information content (AvgIpc) is 2.31. The van der Waals surface area contributed by atoms with E-state index in [0.29, 0.717) is 11.1 Å². The number of carbonyl (C=O) groups is 1. The van der Waals surface area contributed by atoms with Crippen molar-refractivity contribution in [2.24, 2.45) is 0 Å². The summed E-state index contributed by atoms with van der Waals surface area (Å²) in [6, 6.07) is 8.73. The van der Waals surface area contributed by atoms with E-state index in [-0.39, 0.29) is 11.1 Å². The number of carboxylic acid groups (broad SMARTS) is 1. The third-order valence-electron chi connectivity index (χ3n) is 2.51. The van der Waals surface area contributed by atoms with Crippen LogP contribution in [0.4, 0.5) is 0 Å². The summed E-state index contributed by atoms with van der Waals surface area (Å²) in [6.45, 7) is 1.95. The van der Waals surface area contributed by atoms with E-state index in [4.69, 9.17) is 5.11 Å². The van der Waals surface area contributed by atoms with E-state index in [9.17, 15) is 9.59 Å². The molecule has 0 spiro atoms. The Bertz CT molecular complexity index is 611. The van der Waals surface area contributed by atoms with Gasteiger partial charge in [0.2, 0.25) is 0 Å². The molecule has 0 saturated heterocycles. The molecule has 1 aromatic carbocycles. The maximum Gasteiger partial charge on any atom is 0.337 e. The van der Waals surface area contributed by atoms with Crippen molar-refractivity contribution in [2.75, 3.05) is 0 Å². The Hall–Kier alpha value is -2.36. The number of aromatic nitrogens is 1. The van der Waals surface area contributed by atoms with Gasteiger partial charge in [0.25, 0.3) is 5.56 Å². The molecule has 0 aliphatic carbocycles. The van der Waals surface area contributed by atoms with Crippen molar-refractivity contribution in [2.45, 2.75) is 6.92 Å². The van der Waals surface area contributed by atoms with Gasteiger partial charge in [0.05, 0.1) is 5.56 Å². The van der Waals surface area contributed by atoms with E-state index < -0.39 is 5.97 Å². The first-order chi connectivity index (χ1) is 8.08. The van der Waals surface area contributed by atoms with Gasteiger partial charge >= 0.3 is 5.97 Å². The summed E-state index contributed by atoms with van der Waals surface area (Å²) >= 11 is 0. The number of hydrogen-bond acceptors (Lipinski definition) is 2. The van der Waals surface area contributed by atoms with Gasteiger partial charge in [-0.3, -0.25) is 4.79 Å². The molecule has 0 amide bonds. The van der Waals surface area contributed by atoms with Crippen molar-refractivity contribution in [3.8, 4) is 11.1 Å². The number of aryl methyl sites for hydroxylation is 1. The van der Waals surface area contributed by atoms with Gasteiger partial charge in [-0.05, 0) is 18.6 Å². The first-order valence-corrected chi connectivity index (χ1v) is 5.11. The Kier molecular flexibility index (Phi) is 2.78. The Morgan fingerprint density at radius 1 is 1.24 bits per heavy atom. The monoisotopic (exact) mass is 229 g/mol. The smallest absolute Gasteiger partial charge is 0.337 e. The second-order valence-electron chi connectivity index (χ2n) is 3.80. The molecule has 0 unspecified atom stereocenters. The molecule has 1 aromatic heterocycles. The minimum Gasteiger partial charge on any atom is -0.478 e. The zero-order valence-electron chi connectivity index (χ0n) is 9.23. The second kappa shape index (κ2) is 4.25. The van der Waals surface area contributed by atoms with Crippen molar-refractivity contribution in [3.63, 3.8) is 0 Å². The lowest BCUT2D eigenvalue weighted by Crippen LogP contribution is -2.11. The lowest BCUT2D eigenvalue weighted by molar-refractivity contribution is 0.0696. The fraction of sp³-hybridized carbons (Fsp3) is 0.0769. The standard InChI is InChI=1S/C13H11NO3/c1-8-2-4-9(5-3-8)11-6-10(13(16)17)7-14-12(11)15/h2-7H,1H3,(H,14,15)(H,16,17). The van der Waals surface area contributed by atoms with Crippen molar-refractivity contribution in [1.82, 2.24) is 4.98 Å². The van der Waals surface area contributed by atoms with Crippen molar-refractivity contribution in [3.05, 3.63) is 58.0 Å². The maximum absolute atomic E-state index is 11.6. The predicted octanol–water partition coefficient (Wildman–Crippen LogP) is 2.05. The molecule has 4 heteroatoms. The van der Waals surface area contributed by atoms with Crippen LogP contribution >= 0.6 is 0 Å². The quantitative estimate of drug-likeness (QED) is 0.827. The zero-order valence-corrected chi connectivity index (χ0v) is 9.23. The molecule has 0 fully saturated rings.